The normalized spacial score (nSPS) is 21.1. The predicted molar refractivity (Wildman–Crippen MR) is 111 cm³/mol. The minimum Gasteiger partial charge on any atom is -0.350 e. The quantitative estimate of drug-likeness (QED) is 0.681. The fourth-order valence-electron chi connectivity index (χ4n) is 3.69. The van der Waals surface area contributed by atoms with E-state index in [9.17, 15) is 13.2 Å². The van der Waals surface area contributed by atoms with Gasteiger partial charge in [-0.3, -0.25) is 9.69 Å². The molecule has 1 heterocycles. The smallest absolute Gasteiger partial charge is 0.251 e. The fraction of sp³-hybridized carbons (Fsp3) is 0.571. The van der Waals surface area contributed by atoms with Crippen LogP contribution in [0.15, 0.2) is 29.2 Å². The number of hydrogen-bond donors (Lipinski definition) is 2. The second-order valence-electron chi connectivity index (χ2n) is 8.40. The van der Waals surface area contributed by atoms with Crippen LogP contribution in [0, 0.1) is 24.2 Å². The van der Waals surface area contributed by atoms with Crippen LogP contribution in [0.4, 0.5) is 0 Å². The molecule has 0 radical (unpaired) electrons. The molecular weight excluding hydrogens is 374 g/mol. The Bertz CT molecular complexity index is 833. The van der Waals surface area contributed by atoms with Gasteiger partial charge < -0.3 is 5.32 Å². The molecule has 1 saturated heterocycles. The Morgan fingerprint density at radius 2 is 1.93 bits per heavy atom. The average molecular weight is 406 g/mol. The lowest BCUT2D eigenvalue weighted by molar-refractivity contribution is 0.0445. The topological polar surface area (TPSA) is 78.5 Å². The highest BCUT2D eigenvalue weighted by Crippen LogP contribution is 2.27. The van der Waals surface area contributed by atoms with Crippen molar-refractivity contribution in [2.45, 2.75) is 44.6 Å². The van der Waals surface area contributed by atoms with Gasteiger partial charge in [-0.1, -0.05) is 25.8 Å². The summed E-state index contributed by atoms with van der Waals surface area (Å²) in [7, 11) is -3.73. The number of carbonyl (C=O) groups excluding carboxylic acids is 1. The van der Waals surface area contributed by atoms with Crippen molar-refractivity contribution in [1.82, 2.24) is 14.9 Å². The number of likely N-dealkylation sites (tertiary alicyclic amines) is 1. The van der Waals surface area contributed by atoms with Crippen molar-refractivity contribution in [2.75, 3.05) is 26.2 Å². The van der Waals surface area contributed by atoms with Crippen LogP contribution in [0.2, 0.25) is 0 Å². The summed E-state index contributed by atoms with van der Waals surface area (Å²) in [4.78, 5) is 15.1. The highest BCUT2D eigenvalue weighted by atomic mass is 32.2. The number of sulfonamides is 1. The van der Waals surface area contributed by atoms with Crippen LogP contribution in [-0.2, 0) is 10.0 Å². The Kier molecular flexibility index (Phi) is 7.27. The first-order chi connectivity index (χ1) is 13.0. The molecule has 2 N–H and O–H groups in total. The first kappa shape index (κ1) is 22.4. The van der Waals surface area contributed by atoms with Crippen LogP contribution in [0.25, 0.3) is 0 Å². The fourth-order valence-corrected chi connectivity index (χ4v) is 4.67. The molecule has 7 heteroatoms. The van der Waals surface area contributed by atoms with Gasteiger partial charge in [-0.2, -0.15) is 4.72 Å². The third-order valence-electron chi connectivity index (χ3n) is 5.18. The summed E-state index contributed by atoms with van der Waals surface area (Å²) in [5, 5.41) is 2.96. The Balaban J connectivity index is 2.05. The van der Waals surface area contributed by atoms with Gasteiger partial charge in [0, 0.05) is 30.7 Å². The van der Waals surface area contributed by atoms with Gasteiger partial charge in [0.05, 0.1) is 11.4 Å². The van der Waals surface area contributed by atoms with Gasteiger partial charge in [0.15, 0.2) is 0 Å². The van der Waals surface area contributed by atoms with Crippen LogP contribution < -0.4 is 10.0 Å². The van der Waals surface area contributed by atoms with Crippen molar-refractivity contribution in [2.24, 2.45) is 11.8 Å². The van der Waals surface area contributed by atoms with Crippen molar-refractivity contribution >= 4 is 15.9 Å². The molecule has 1 aliphatic rings. The third kappa shape index (κ3) is 5.81. The number of benzene rings is 1. The van der Waals surface area contributed by atoms with Gasteiger partial charge in [0.1, 0.15) is 0 Å². The maximum absolute atomic E-state index is 12.6. The van der Waals surface area contributed by atoms with Gasteiger partial charge >= 0.3 is 0 Å². The van der Waals surface area contributed by atoms with Crippen molar-refractivity contribution in [3.8, 4) is 12.3 Å². The minimum atomic E-state index is -3.73. The van der Waals surface area contributed by atoms with E-state index in [-0.39, 0.29) is 22.9 Å². The molecule has 0 bridgehead atoms. The molecule has 28 heavy (non-hydrogen) atoms. The van der Waals surface area contributed by atoms with E-state index in [2.05, 4.69) is 48.6 Å². The number of carbonyl (C=O) groups is 1. The van der Waals surface area contributed by atoms with Crippen LogP contribution in [-0.4, -0.2) is 50.9 Å². The summed E-state index contributed by atoms with van der Waals surface area (Å²) in [5.41, 5.74) is 0.121. The number of amides is 1. The standard InChI is InChI=1S/C21H31N3O3S/c1-6-10-23-28(26,27)19-9-7-8-18(12-19)20(25)22-15-21(4,5)24-13-16(2)11-17(3)14-24/h1,7-9,12,16-17,23H,10-11,13-15H2,2-5H3,(H,22,25). The first-order valence-electron chi connectivity index (χ1n) is 9.61. The van der Waals surface area contributed by atoms with E-state index in [0.29, 0.717) is 23.9 Å². The Morgan fingerprint density at radius 1 is 1.29 bits per heavy atom. The summed E-state index contributed by atoms with van der Waals surface area (Å²) in [6, 6.07) is 5.97. The van der Waals surface area contributed by atoms with E-state index in [4.69, 9.17) is 6.42 Å². The molecule has 154 valence electrons. The van der Waals surface area contributed by atoms with Gasteiger partial charge in [-0.25, -0.2) is 8.42 Å². The average Bonchev–Trinajstić information content (AvgIpc) is 2.64. The number of hydrogen-bond acceptors (Lipinski definition) is 4. The molecule has 1 fully saturated rings. The van der Waals surface area contributed by atoms with Gasteiger partial charge in [-0.05, 0) is 50.3 Å². The van der Waals surface area contributed by atoms with E-state index >= 15 is 0 Å². The molecular formula is C21H31N3O3S. The number of nitrogens with one attached hydrogen (secondary N) is 2. The molecule has 6 nitrogen and oxygen atoms in total. The minimum absolute atomic E-state index is 0.0216. The maximum atomic E-state index is 12.6. The largest absolute Gasteiger partial charge is 0.350 e. The summed E-state index contributed by atoms with van der Waals surface area (Å²) >= 11 is 0. The monoisotopic (exact) mass is 405 g/mol. The van der Waals surface area contributed by atoms with E-state index < -0.39 is 10.0 Å². The van der Waals surface area contributed by atoms with Crippen molar-refractivity contribution < 1.29 is 13.2 Å². The van der Waals surface area contributed by atoms with Crippen molar-refractivity contribution in [3.05, 3.63) is 29.8 Å². The molecule has 2 rings (SSSR count). The molecule has 0 saturated carbocycles. The zero-order valence-electron chi connectivity index (χ0n) is 17.2. The predicted octanol–water partition coefficient (Wildman–Crippen LogP) is 2.08. The summed E-state index contributed by atoms with van der Waals surface area (Å²) in [6.45, 7) is 11.2. The second kappa shape index (κ2) is 9.08. The van der Waals surface area contributed by atoms with Crippen LogP contribution in [0.3, 0.4) is 0 Å². The van der Waals surface area contributed by atoms with Crippen LogP contribution in [0.1, 0.15) is 44.5 Å². The van der Waals surface area contributed by atoms with Crippen LogP contribution >= 0.6 is 0 Å². The van der Waals surface area contributed by atoms with Gasteiger partial charge in [0.2, 0.25) is 10.0 Å². The lowest BCUT2D eigenvalue weighted by Gasteiger charge is -2.45. The van der Waals surface area contributed by atoms with E-state index in [1.54, 1.807) is 12.1 Å². The number of nitrogens with zero attached hydrogens (tertiary/aromatic N) is 1. The molecule has 0 spiro atoms. The van der Waals surface area contributed by atoms with Crippen molar-refractivity contribution in [1.29, 1.82) is 0 Å². The van der Waals surface area contributed by atoms with E-state index in [1.807, 2.05) is 0 Å². The molecule has 1 aliphatic heterocycles. The molecule has 2 atom stereocenters. The van der Waals surface area contributed by atoms with Crippen molar-refractivity contribution in [3.63, 3.8) is 0 Å². The third-order valence-corrected chi connectivity index (χ3v) is 6.58. The Hall–Kier alpha value is -1.88. The van der Waals surface area contributed by atoms with Gasteiger partial charge in [-0.15, -0.1) is 6.42 Å². The Labute approximate surface area is 169 Å². The summed E-state index contributed by atoms with van der Waals surface area (Å²) < 4.78 is 26.7. The zero-order chi connectivity index (χ0) is 20.9. The molecule has 1 amide bonds. The van der Waals surface area contributed by atoms with Crippen LogP contribution in [0.5, 0.6) is 0 Å². The number of piperidine rings is 1. The lowest BCUT2D eigenvalue weighted by atomic mass is 9.88. The lowest BCUT2D eigenvalue weighted by Crippen LogP contribution is -2.56. The molecule has 0 aromatic heterocycles. The van der Waals surface area contributed by atoms with E-state index in [0.717, 1.165) is 13.1 Å². The molecule has 1 aromatic carbocycles. The Morgan fingerprint density at radius 3 is 2.54 bits per heavy atom. The SMILES string of the molecule is C#CCNS(=O)(=O)c1cccc(C(=O)NCC(C)(C)N2CC(C)CC(C)C2)c1. The van der Waals surface area contributed by atoms with E-state index in [1.165, 1.54) is 18.6 Å². The zero-order valence-corrected chi connectivity index (χ0v) is 18.0. The number of rotatable bonds is 7. The van der Waals surface area contributed by atoms with Gasteiger partial charge in [0.25, 0.3) is 5.91 Å². The number of terminal acetylenes is 1. The molecule has 2 unspecified atom stereocenters. The molecule has 1 aromatic rings. The summed E-state index contributed by atoms with van der Waals surface area (Å²) in [6.07, 6.45) is 6.34. The first-order valence-corrected chi connectivity index (χ1v) is 11.1. The second-order valence-corrected chi connectivity index (χ2v) is 10.2. The highest BCUT2D eigenvalue weighted by Gasteiger charge is 2.33. The summed E-state index contributed by atoms with van der Waals surface area (Å²) in [5.74, 6) is 3.21. The maximum Gasteiger partial charge on any atom is 0.251 e. The highest BCUT2D eigenvalue weighted by molar-refractivity contribution is 7.89. The molecule has 0 aliphatic carbocycles.